The first-order chi connectivity index (χ1) is 10.0. The average Bonchev–Trinajstić information content (AvgIpc) is 3.02. The fraction of sp³-hybridized carbons (Fsp3) is 0.538. The standard InChI is InChI=1S/C13H19N5O3/c1-4-21-13(20)11-12(10-7-14-17(3)8-10)18(16-15-11)6-5-9(2)19/h7-9,19H,4-6H2,1-3H3. The summed E-state index contributed by atoms with van der Waals surface area (Å²) < 4.78 is 8.23. The van der Waals surface area contributed by atoms with Gasteiger partial charge in [-0.15, -0.1) is 5.10 Å². The van der Waals surface area contributed by atoms with Crippen LogP contribution in [0.25, 0.3) is 11.3 Å². The molecule has 2 heterocycles. The number of ether oxygens (including phenoxy) is 1. The molecule has 21 heavy (non-hydrogen) atoms. The van der Waals surface area contributed by atoms with Crippen molar-refractivity contribution in [3.8, 4) is 11.3 Å². The molecule has 0 saturated heterocycles. The Labute approximate surface area is 122 Å². The van der Waals surface area contributed by atoms with Crippen molar-refractivity contribution in [2.45, 2.75) is 32.9 Å². The van der Waals surface area contributed by atoms with E-state index in [0.717, 1.165) is 5.56 Å². The zero-order valence-electron chi connectivity index (χ0n) is 12.4. The maximum atomic E-state index is 12.0. The molecule has 2 aromatic heterocycles. The lowest BCUT2D eigenvalue weighted by Gasteiger charge is -2.07. The van der Waals surface area contributed by atoms with Crippen molar-refractivity contribution in [2.75, 3.05) is 6.61 Å². The predicted molar refractivity (Wildman–Crippen MR) is 74.5 cm³/mol. The number of carbonyl (C=O) groups is 1. The second-order valence-electron chi connectivity index (χ2n) is 4.77. The van der Waals surface area contributed by atoms with Crippen molar-refractivity contribution in [1.29, 1.82) is 0 Å². The van der Waals surface area contributed by atoms with E-state index in [1.54, 1.807) is 42.7 Å². The van der Waals surface area contributed by atoms with Gasteiger partial charge in [0.25, 0.3) is 0 Å². The molecule has 0 aliphatic heterocycles. The van der Waals surface area contributed by atoms with Crippen molar-refractivity contribution in [3.63, 3.8) is 0 Å². The van der Waals surface area contributed by atoms with Gasteiger partial charge in [0.05, 0.1) is 18.9 Å². The Kier molecular flexibility index (Phi) is 4.69. The van der Waals surface area contributed by atoms with Crippen LogP contribution in [-0.4, -0.2) is 48.6 Å². The molecule has 0 amide bonds. The Morgan fingerprint density at radius 2 is 2.29 bits per heavy atom. The summed E-state index contributed by atoms with van der Waals surface area (Å²) in [6.45, 7) is 4.16. The van der Waals surface area contributed by atoms with E-state index in [2.05, 4.69) is 15.4 Å². The molecule has 1 N–H and O–H groups in total. The summed E-state index contributed by atoms with van der Waals surface area (Å²) in [5.74, 6) is -0.514. The third-order valence-corrected chi connectivity index (χ3v) is 2.94. The number of aromatic nitrogens is 5. The highest BCUT2D eigenvalue weighted by Gasteiger charge is 2.23. The smallest absolute Gasteiger partial charge is 0.361 e. The normalized spacial score (nSPS) is 12.4. The van der Waals surface area contributed by atoms with Crippen LogP contribution in [0.2, 0.25) is 0 Å². The second kappa shape index (κ2) is 6.49. The van der Waals surface area contributed by atoms with Crippen molar-refractivity contribution in [3.05, 3.63) is 18.1 Å². The summed E-state index contributed by atoms with van der Waals surface area (Å²) in [5, 5.41) is 21.4. The van der Waals surface area contributed by atoms with Crippen LogP contribution in [0.15, 0.2) is 12.4 Å². The van der Waals surface area contributed by atoms with Crippen LogP contribution >= 0.6 is 0 Å². The molecule has 0 fully saturated rings. The SMILES string of the molecule is CCOC(=O)c1nnn(CCC(C)O)c1-c1cnn(C)c1. The lowest BCUT2D eigenvalue weighted by Crippen LogP contribution is -2.11. The minimum absolute atomic E-state index is 0.162. The molecule has 1 atom stereocenters. The van der Waals surface area contributed by atoms with E-state index in [1.165, 1.54) is 0 Å². The number of esters is 1. The molecule has 2 aromatic rings. The fourth-order valence-electron chi connectivity index (χ4n) is 1.94. The number of rotatable bonds is 6. The lowest BCUT2D eigenvalue weighted by molar-refractivity contribution is 0.0520. The highest BCUT2D eigenvalue weighted by molar-refractivity contribution is 5.93. The van der Waals surface area contributed by atoms with E-state index >= 15 is 0 Å². The molecule has 2 rings (SSSR count). The molecule has 8 heteroatoms. The van der Waals surface area contributed by atoms with Crippen LogP contribution in [0.3, 0.4) is 0 Å². The van der Waals surface area contributed by atoms with Gasteiger partial charge in [-0.3, -0.25) is 4.68 Å². The van der Waals surface area contributed by atoms with E-state index in [0.29, 0.717) is 18.7 Å². The fourth-order valence-corrected chi connectivity index (χ4v) is 1.94. The summed E-state index contributed by atoms with van der Waals surface area (Å²) >= 11 is 0. The number of aliphatic hydroxyl groups is 1. The Balaban J connectivity index is 2.40. The molecular formula is C13H19N5O3. The third kappa shape index (κ3) is 3.46. The Bertz CT molecular complexity index is 617. The minimum Gasteiger partial charge on any atom is -0.461 e. The largest absolute Gasteiger partial charge is 0.461 e. The summed E-state index contributed by atoms with van der Waals surface area (Å²) in [6.07, 6.45) is 3.47. The van der Waals surface area contributed by atoms with Gasteiger partial charge >= 0.3 is 5.97 Å². The van der Waals surface area contributed by atoms with E-state index in [4.69, 9.17) is 4.74 Å². The molecule has 114 valence electrons. The van der Waals surface area contributed by atoms with Gasteiger partial charge in [-0.25, -0.2) is 9.48 Å². The van der Waals surface area contributed by atoms with Crippen LogP contribution in [0, 0.1) is 0 Å². The maximum absolute atomic E-state index is 12.0. The first-order valence-corrected chi connectivity index (χ1v) is 6.80. The van der Waals surface area contributed by atoms with E-state index in [9.17, 15) is 9.90 Å². The topological polar surface area (TPSA) is 95.1 Å². The zero-order valence-corrected chi connectivity index (χ0v) is 12.4. The van der Waals surface area contributed by atoms with Crippen molar-refractivity contribution in [1.82, 2.24) is 24.8 Å². The summed E-state index contributed by atoms with van der Waals surface area (Å²) in [7, 11) is 1.79. The lowest BCUT2D eigenvalue weighted by atomic mass is 10.2. The number of hydrogen-bond donors (Lipinski definition) is 1. The molecule has 0 spiro atoms. The molecular weight excluding hydrogens is 274 g/mol. The number of nitrogens with zero attached hydrogens (tertiary/aromatic N) is 5. The molecule has 0 aliphatic carbocycles. The van der Waals surface area contributed by atoms with Gasteiger partial charge in [-0.2, -0.15) is 5.10 Å². The van der Waals surface area contributed by atoms with Gasteiger partial charge in [0, 0.05) is 25.4 Å². The maximum Gasteiger partial charge on any atom is 0.361 e. The number of aliphatic hydroxyl groups excluding tert-OH is 1. The summed E-state index contributed by atoms with van der Waals surface area (Å²) in [4.78, 5) is 12.0. The van der Waals surface area contributed by atoms with Gasteiger partial charge in [0.1, 0.15) is 5.69 Å². The van der Waals surface area contributed by atoms with Crippen LogP contribution in [0.4, 0.5) is 0 Å². The molecule has 0 bridgehead atoms. The first kappa shape index (κ1) is 15.2. The van der Waals surface area contributed by atoms with Crippen molar-refractivity contribution >= 4 is 5.97 Å². The zero-order chi connectivity index (χ0) is 15.4. The molecule has 0 saturated carbocycles. The highest BCUT2D eigenvalue weighted by atomic mass is 16.5. The van der Waals surface area contributed by atoms with Crippen LogP contribution in [0.1, 0.15) is 30.8 Å². The van der Waals surface area contributed by atoms with Crippen molar-refractivity contribution in [2.24, 2.45) is 7.05 Å². The second-order valence-corrected chi connectivity index (χ2v) is 4.77. The molecule has 0 aliphatic rings. The quantitative estimate of drug-likeness (QED) is 0.785. The van der Waals surface area contributed by atoms with Crippen LogP contribution in [-0.2, 0) is 18.3 Å². The number of carbonyl (C=O) groups excluding carboxylic acids is 1. The monoisotopic (exact) mass is 293 g/mol. The van der Waals surface area contributed by atoms with Gasteiger partial charge in [-0.05, 0) is 20.3 Å². The van der Waals surface area contributed by atoms with Crippen LogP contribution in [0.5, 0.6) is 0 Å². The highest BCUT2D eigenvalue weighted by Crippen LogP contribution is 2.22. The summed E-state index contributed by atoms with van der Waals surface area (Å²) in [5.41, 5.74) is 1.45. The molecule has 1 unspecified atom stereocenters. The average molecular weight is 293 g/mol. The van der Waals surface area contributed by atoms with Gasteiger partial charge in [0.2, 0.25) is 0 Å². The third-order valence-electron chi connectivity index (χ3n) is 2.94. The van der Waals surface area contributed by atoms with Crippen molar-refractivity contribution < 1.29 is 14.6 Å². The predicted octanol–water partition coefficient (Wildman–Crippen LogP) is 0.626. The molecule has 0 radical (unpaired) electrons. The van der Waals surface area contributed by atoms with E-state index in [-0.39, 0.29) is 12.3 Å². The van der Waals surface area contributed by atoms with Crippen LogP contribution < -0.4 is 0 Å². The Hall–Kier alpha value is -2.22. The van der Waals surface area contributed by atoms with Gasteiger partial charge in [0.15, 0.2) is 5.69 Å². The van der Waals surface area contributed by atoms with Gasteiger partial charge in [-0.1, -0.05) is 5.21 Å². The number of aryl methyl sites for hydroxylation is 2. The molecule has 8 nitrogen and oxygen atoms in total. The number of hydrogen-bond acceptors (Lipinski definition) is 6. The van der Waals surface area contributed by atoms with E-state index in [1.807, 2.05) is 0 Å². The Morgan fingerprint density at radius 1 is 1.52 bits per heavy atom. The molecule has 0 aromatic carbocycles. The van der Waals surface area contributed by atoms with E-state index < -0.39 is 12.1 Å². The van der Waals surface area contributed by atoms with Gasteiger partial charge < -0.3 is 9.84 Å². The first-order valence-electron chi connectivity index (χ1n) is 6.80. The summed E-state index contributed by atoms with van der Waals surface area (Å²) in [6, 6.07) is 0. The minimum atomic E-state index is -0.514. The Morgan fingerprint density at radius 3 is 2.86 bits per heavy atom.